The molecule has 0 aliphatic heterocycles. The smallest absolute Gasteiger partial charge is 0.0794 e. The SMILES string of the molecule is CN(C)c1ccc(NCc2cncs2)cc1Cl. The molecule has 0 radical (unpaired) electrons. The molecule has 1 heterocycles. The van der Waals surface area contributed by atoms with E-state index in [0.717, 1.165) is 22.9 Å². The van der Waals surface area contributed by atoms with Crippen LogP contribution in [-0.4, -0.2) is 19.1 Å². The van der Waals surface area contributed by atoms with Crippen LogP contribution in [0.4, 0.5) is 11.4 Å². The number of nitrogens with zero attached hydrogens (tertiary/aromatic N) is 2. The highest BCUT2D eigenvalue weighted by Gasteiger charge is 2.03. The normalized spacial score (nSPS) is 10.3. The van der Waals surface area contributed by atoms with Gasteiger partial charge in [-0.3, -0.25) is 4.98 Å². The first-order valence-electron chi connectivity index (χ1n) is 5.25. The summed E-state index contributed by atoms with van der Waals surface area (Å²) in [7, 11) is 3.96. The molecule has 2 aromatic rings. The Morgan fingerprint density at radius 2 is 2.24 bits per heavy atom. The lowest BCUT2D eigenvalue weighted by Crippen LogP contribution is -2.09. The summed E-state index contributed by atoms with van der Waals surface area (Å²) in [4.78, 5) is 7.24. The summed E-state index contributed by atoms with van der Waals surface area (Å²) in [6.07, 6.45) is 1.87. The zero-order valence-corrected chi connectivity index (χ0v) is 11.3. The van der Waals surface area contributed by atoms with Crippen LogP contribution in [0.1, 0.15) is 4.88 Å². The molecule has 0 saturated heterocycles. The quantitative estimate of drug-likeness (QED) is 0.919. The Kier molecular flexibility index (Phi) is 3.86. The Morgan fingerprint density at radius 1 is 1.41 bits per heavy atom. The minimum Gasteiger partial charge on any atom is -0.380 e. The summed E-state index contributed by atoms with van der Waals surface area (Å²) in [5.41, 5.74) is 3.88. The highest BCUT2D eigenvalue weighted by molar-refractivity contribution is 7.09. The Morgan fingerprint density at radius 3 is 2.82 bits per heavy atom. The summed E-state index contributed by atoms with van der Waals surface area (Å²) in [6, 6.07) is 5.98. The summed E-state index contributed by atoms with van der Waals surface area (Å²) < 4.78 is 0. The van der Waals surface area contributed by atoms with E-state index < -0.39 is 0 Å². The average Bonchev–Trinajstić information content (AvgIpc) is 2.78. The lowest BCUT2D eigenvalue weighted by atomic mass is 10.2. The first-order chi connectivity index (χ1) is 8.16. The Balaban J connectivity index is 2.05. The monoisotopic (exact) mass is 267 g/mol. The predicted molar refractivity (Wildman–Crippen MR) is 75.2 cm³/mol. The van der Waals surface area contributed by atoms with Crippen molar-refractivity contribution in [2.45, 2.75) is 6.54 Å². The molecule has 0 aliphatic rings. The minimum absolute atomic E-state index is 0.754. The molecule has 5 heteroatoms. The molecule has 0 unspecified atom stereocenters. The maximum atomic E-state index is 6.19. The van der Waals surface area contributed by atoms with Gasteiger partial charge in [0.15, 0.2) is 0 Å². The number of thiazole rings is 1. The number of nitrogens with one attached hydrogen (secondary N) is 1. The predicted octanol–water partition coefficient (Wildman–Crippen LogP) is 3.47. The molecule has 0 fully saturated rings. The van der Waals surface area contributed by atoms with Gasteiger partial charge in [0, 0.05) is 30.9 Å². The molecule has 1 aromatic carbocycles. The van der Waals surface area contributed by atoms with Crippen molar-refractivity contribution in [1.82, 2.24) is 4.98 Å². The van der Waals surface area contributed by atoms with Crippen molar-refractivity contribution < 1.29 is 0 Å². The van der Waals surface area contributed by atoms with Crippen molar-refractivity contribution in [2.24, 2.45) is 0 Å². The second-order valence-corrected chi connectivity index (χ2v) is 5.26. The third-order valence-corrected chi connectivity index (χ3v) is 3.46. The molecule has 3 nitrogen and oxygen atoms in total. The molecule has 17 heavy (non-hydrogen) atoms. The van der Waals surface area contributed by atoms with Crippen LogP contribution in [0.5, 0.6) is 0 Å². The Labute approximate surface area is 110 Å². The average molecular weight is 268 g/mol. The number of anilines is 2. The van der Waals surface area contributed by atoms with Crippen LogP contribution in [-0.2, 0) is 6.54 Å². The van der Waals surface area contributed by atoms with Gasteiger partial charge >= 0.3 is 0 Å². The van der Waals surface area contributed by atoms with Gasteiger partial charge < -0.3 is 10.2 Å². The summed E-state index contributed by atoms with van der Waals surface area (Å²) in [5.74, 6) is 0. The number of aromatic nitrogens is 1. The largest absolute Gasteiger partial charge is 0.380 e. The zero-order chi connectivity index (χ0) is 12.3. The lowest BCUT2D eigenvalue weighted by molar-refractivity contribution is 1.13. The molecule has 0 bridgehead atoms. The van der Waals surface area contributed by atoms with Gasteiger partial charge in [-0.2, -0.15) is 0 Å². The third kappa shape index (κ3) is 3.11. The fourth-order valence-corrected chi connectivity index (χ4v) is 2.38. The fourth-order valence-electron chi connectivity index (χ4n) is 1.50. The standard InChI is InChI=1S/C12H14ClN3S/c1-16(2)12-4-3-9(5-11(12)13)15-7-10-6-14-8-17-10/h3-6,8,15H,7H2,1-2H3. The highest BCUT2D eigenvalue weighted by atomic mass is 35.5. The van der Waals surface area contributed by atoms with E-state index in [1.54, 1.807) is 11.3 Å². The molecule has 1 aromatic heterocycles. The second kappa shape index (κ2) is 5.38. The molecule has 0 aliphatic carbocycles. The van der Waals surface area contributed by atoms with Gasteiger partial charge in [-0.05, 0) is 18.2 Å². The van der Waals surface area contributed by atoms with Crippen LogP contribution >= 0.6 is 22.9 Å². The van der Waals surface area contributed by atoms with Gasteiger partial charge in [0.2, 0.25) is 0 Å². The molecule has 1 N–H and O–H groups in total. The maximum absolute atomic E-state index is 6.19. The zero-order valence-electron chi connectivity index (χ0n) is 9.77. The van der Waals surface area contributed by atoms with E-state index in [1.807, 2.05) is 48.9 Å². The Hall–Kier alpha value is -1.26. The number of hydrogen-bond acceptors (Lipinski definition) is 4. The number of rotatable bonds is 4. The van der Waals surface area contributed by atoms with E-state index in [-0.39, 0.29) is 0 Å². The number of halogens is 1. The van der Waals surface area contributed by atoms with E-state index >= 15 is 0 Å². The van der Waals surface area contributed by atoms with Gasteiger partial charge in [0.1, 0.15) is 0 Å². The first-order valence-corrected chi connectivity index (χ1v) is 6.50. The van der Waals surface area contributed by atoms with Crippen molar-refractivity contribution in [3.05, 3.63) is 39.8 Å². The molecule has 90 valence electrons. The summed E-state index contributed by atoms with van der Waals surface area (Å²) in [5, 5.41) is 4.08. The Bertz CT molecular complexity index is 483. The highest BCUT2D eigenvalue weighted by Crippen LogP contribution is 2.27. The molecule has 2 rings (SSSR count). The third-order valence-electron chi connectivity index (χ3n) is 2.38. The van der Waals surface area contributed by atoms with Crippen molar-refractivity contribution in [3.8, 4) is 0 Å². The van der Waals surface area contributed by atoms with Crippen molar-refractivity contribution in [1.29, 1.82) is 0 Å². The molecule has 0 spiro atoms. The molecule has 0 atom stereocenters. The molecular weight excluding hydrogens is 254 g/mol. The molecule has 0 amide bonds. The maximum Gasteiger partial charge on any atom is 0.0794 e. The van der Waals surface area contributed by atoms with Crippen LogP contribution in [0, 0.1) is 0 Å². The van der Waals surface area contributed by atoms with E-state index in [1.165, 1.54) is 4.88 Å². The van der Waals surface area contributed by atoms with Gasteiger partial charge in [0.05, 0.1) is 22.8 Å². The van der Waals surface area contributed by atoms with E-state index in [4.69, 9.17) is 11.6 Å². The van der Waals surface area contributed by atoms with Crippen LogP contribution in [0.2, 0.25) is 5.02 Å². The summed E-state index contributed by atoms with van der Waals surface area (Å²) in [6.45, 7) is 0.780. The van der Waals surface area contributed by atoms with Crippen LogP contribution in [0.15, 0.2) is 29.9 Å². The molecular formula is C12H14ClN3S. The topological polar surface area (TPSA) is 28.2 Å². The van der Waals surface area contributed by atoms with Gasteiger partial charge in [-0.15, -0.1) is 11.3 Å². The van der Waals surface area contributed by atoms with Crippen LogP contribution < -0.4 is 10.2 Å². The lowest BCUT2D eigenvalue weighted by Gasteiger charge is -2.15. The van der Waals surface area contributed by atoms with Gasteiger partial charge in [-0.25, -0.2) is 0 Å². The van der Waals surface area contributed by atoms with Crippen molar-refractivity contribution in [2.75, 3.05) is 24.3 Å². The van der Waals surface area contributed by atoms with Gasteiger partial charge in [-0.1, -0.05) is 11.6 Å². The van der Waals surface area contributed by atoms with Crippen LogP contribution in [0.3, 0.4) is 0 Å². The van der Waals surface area contributed by atoms with E-state index in [9.17, 15) is 0 Å². The molecule has 0 saturated carbocycles. The minimum atomic E-state index is 0.754. The fraction of sp³-hybridized carbons (Fsp3) is 0.250. The van der Waals surface area contributed by atoms with E-state index in [2.05, 4.69) is 10.3 Å². The van der Waals surface area contributed by atoms with E-state index in [0.29, 0.717) is 0 Å². The van der Waals surface area contributed by atoms with Crippen molar-refractivity contribution in [3.63, 3.8) is 0 Å². The number of benzene rings is 1. The van der Waals surface area contributed by atoms with Crippen LogP contribution in [0.25, 0.3) is 0 Å². The second-order valence-electron chi connectivity index (χ2n) is 3.88. The van der Waals surface area contributed by atoms with Crippen molar-refractivity contribution >= 4 is 34.3 Å². The number of hydrogen-bond donors (Lipinski definition) is 1. The first kappa shape index (κ1) is 12.2. The van der Waals surface area contributed by atoms with Gasteiger partial charge in [0.25, 0.3) is 0 Å². The summed E-state index contributed by atoms with van der Waals surface area (Å²) >= 11 is 7.83.